The average molecular weight is 441 g/mol. The van der Waals surface area contributed by atoms with Crippen LogP contribution in [0.25, 0.3) is 5.69 Å². The maximum absolute atomic E-state index is 12.9. The maximum atomic E-state index is 12.9. The molecule has 1 amide bonds. The van der Waals surface area contributed by atoms with Gasteiger partial charge in [-0.05, 0) is 37.5 Å². The third-order valence-electron chi connectivity index (χ3n) is 4.78. The van der Waals surface area contributed by atoms with Gasteiger partial charge >= 0.3 is 12.1 Å². The van der Waals surface area contributed by atoms with Gasteiger partial charge in [0.25, 0.3) is 11.5 Å². The summed E-state index contributed by atoms with van der Waals surface area (Å²) < 4.78 is 33.3. The summed E-state index contributed by atoms with van der Waals surface area (Å²) in [6.45, 7) is 1.91. The molecule has 1 heterocycles. The second-order valence-electron chi connectivity index (χ2n) is 6.91. The van der Waals surface area contributed by atoms with E-state index >= 15 is 0 Å². The van der Waals surface area contributed by atoms with Gasteiger partial charge in [0.2, 0.25) is 0 Å². The highest BCUT2D eigenvalue weighted by molar-refractivity contribution is 5.94. The molecule has 11 heteroatoms. The van der Waals surface area contributed by atoms with E-state index in [0.717, 1.165) is 31.2 Å². The van der Waals surface area contributed by atoms with Crippen molar-refractivity contribution >= 4 is 11.9 Å². The van der Waals surface area contributed by atoms with Crippen LogP contribution < -0.4 is 11.0 Å². The summed E-state index contributed by atoms with van der Waals surface area (Å²) in [5.74, 6) is -2.87. The molecule has 0 bridgehead atoms. The minimum Gasteiger partial charge on any atom is -0.475 e. The molecule has 168 valence electrons. The number of carbonyl (C=O) groups excluding carboxylic acids is 1. The summed E-state index contributed by atoms with van der Waals surface area (Å²) in [5, 5.41) is 7.12. The smallest absolute Gasteiger partial charge is 0.475 e. The number of carboxylic acids is 1. The van der Waals surface area contributed by atoms with Gasteiger partial charge in [-0.1, -0.05) is 18.9 Å². The van der Waals surface area contributed by atoms with Crippen LogP contribution in [-0.2, 0) is 9.63 Å². The van der Waals surface area contributed by atoms with Crippen LogP contribution in [0.2, 0.25) is 0 Å². The van der Waals surface area contributed by atoms with E-state index in [2.05, 4.69) is 15.3 Å². The highest BCUT2D eigenvalue weighted by atomic mass is 19.4. The summed E-state index contributed by atoms with van der Waals surface area (Å²) in [6, 6.07) is 5.23. The minimum atomic E-state index is -5.08. The lowest BCUT2D eigenvalue weighted by Crippen LogP contribution is -2.26. The van der Waals surface area contributed by atoms with Crippen LogP contribution in [0, 0.1) is 6.92 Å². The van der Waals surface area contributed by atoms with Crippen molar-refractivity contribution in [3.63, 3.8) is 0 Å². The summed E-state index contributed by atoms with van der Waals surface area (Å²) in [7, 11) is 1.38. The largest absolute Gasteiger partial charge is 0.490 e. The van der Waals surface area contributed by atoms with Crippen LogP contribution in [0.15, 0.2) is 35.4 Å². The number of carbonyl (C=O) groups is 2. The maximum Gasteiger partial charge on any atom is 0.490 e. The second kappa shape index (κ2) is 10.2. The van der Waals surface area contributed by atoms with Gasteiger partial charge in [0.1, 0.15) is 5.69 Å². The second-order valence-corrected chi connectivity index (χ2v) is 6.91. The zero-order chi connectivity index (χ0) is 23.2. The lowest BCUT2D eigenvalue weighted by Gasteiger charge is -2.14. The van der Waals surface area contributed by atoms with Gasteiger partial charge in [0.05, 0.1) is 12.8 Å². The average Bonchev–Trinajstić information content (AvgIpc) is 3.23. The zero-order valence-electron chi connectivity index (χ0n) is 16.9. The summed E-state index contributed by atoms with van der Waals surface area (Å²) in [4.78, 5) is 42.7. The van der Waals surface area contributed by atoms with Gasteiger partial charge in [-0.3, -0.25) is 24.0 Å². The molecule has 0 unspecified atom stereocenters. The van der Waals surface area contributed by atoms with Crippen molar-refractivity contribution in [2.24, 2.45) is 0 Å². The van der Waals surface area contributed by atoms with E-state index in [1.807, 2.05) is 13.0 Å². The normalized spacial score (nSPS) is 14.0. The Morgan fingerprint density at radius 2 is 1.87 bits per heavy atom. The third-order valence-corrected chi connectivity index (χ3v) is 4.78. The number of carboxylic acid groups (broad SMARTS) is 1. The first kappa shape index (κ1) is 24.1. The molecule has 2 N–H and O–H groups in total. The fourth-order valence-electron chi connectivity index (χ4n) is 3.26. The molecule has 0 saturated heterocycles. The predicted molar refractivity (Wildman–Crippen MR) is 104 cm³/mol. The summed E-state index contributed by atoms with van der Waals surface area (Å²) in [5.41, 5.74) is 4.85. The van der Waals surface area contributed by atoms with E-state index in [1.54, 1.807) is 29.1 Å². The molecule has 8 nitrogen and oxygen atoms in total. The number of rotatable bonds is 4. The molecular formula is C20H22F3N3O5. The first-order valence-corrected chi connectivity index (χ1v) is 9.38. The molecule has 1 aliphatic carbocycles. The van der Waals surface area contributed by atoms with E-state index in [1.165, 1.54) is 7.11 Å². The molecule has 1 aliphatic rings. The van der Waals surface area contributed by atoms with Crippen molar-refractivity contribution in [1.29, 1.82) is 0 Å². The fraction of sp³-hybridized carbons (Fsp3) is 0.400. The van der Waals surface area contributed by atoms with Crippen LogP contribution in [0.1, 0.15) is 53.2 Å². The van der Waals surface area contributed by atoms with E-state index in [9.17, 15) is 22.8 Å². The number of hydroxylamine groups is 1. The Labute approximate surface area is 175 Å². The standard InChI is InChI=1S/C18H21N3O3.C2HF3O2/c1-12-7-8-14(17(22)20-24-2)11-15(12)21-10-9-19-16(18(21)23)13-5-3-4-6-13;3-2(4,5)1(6)7/h7-11,13H,3-6H2,1-2H3,(H,20,22);(H,6,7). The Balaban J connectivity index is 0.000000423. The fourth-order valence-corrected chi connectivity index (χ4v) is 3.26. The Hall–Kier alpha value is -3.21. The molecular weight excluding hydrogens is 419 g/mol. The number of benzene rings is 1. The zero-order valence-corrected chi connectivity index (χ0v) is 16.9. The van der Waals surface area contributed by atoms with Crippen LogP contribution in [0.4, 0.5) is 13.2 Å². The third kappa shape index (κ3) is 6.14. The molecule has 0 aliphatic heterocycles. The van der Waals surface area contributed by atoms with Crippen LogP contribution >= 0.6 is 0 Å². The minimum absolute atomic E-state index is 0.100. The van der Waals surface area contributed by atoms with Crippen molar-refractivity contribution in [2.75, 3.05) is 7.11 Å². The number of amides is 1. The number of aryl methyl sites for hydroxylation is 1. The molecule has 1 aromatic carbocycles. The molecule has 1 saturated carbocycles. The summed E-state index contributed by atoms with van der Waals surface area (Å²) in [6.07, 6.45) is 2.55. The highest BCUT2D eigenvalue weighted by Crippen LogP contribution is 2.31. The molecule has 3 rings (SSSR count). The van der Waals surface area contributed by atoms with Gasteiger partial charge in [-0.25, -0.2) is 10.3 Å². The number of alkyl halides is 3. The monoisotopic (exact) mass is 441 g/mol. The van der Waals surface area contributed by atoms with Crippen molar-refractivity contribution in [1.82, 2.24) is 15.0 Å². The molecule has 31 heavy (non-hydrogen) atoms. The van der Waals surface area contributed by atoms with Crippen molar-refractivity contribution in [3.8, 4) is 5.69 Å². The van der Waals surface area contributed by atoms with Crippen LogP contribution in [0.3, 0.4) is 0 Å². The van der Waals surface area contributed by atoms with E-state index in [-0.39, 0.29) is 17.4 Å². The number of aromatic nitrogens is 2. The van der Waals surface area contributed by atoms with Gasteiger partial charge in [0, 0.05) is 23.9 Å². The van der Waals surface area contributed by atoms with Crippen molar-refractivity contribution in [3.05, 3.63) is 57.8 Å². The van der Waals surface area contributed by atoms with Gasteiger partial charge in [0.15, 0.2) is 0 Å². The molecule has 1 fully saturated rings. The SMILES string of the molecule is CONC(=O)c1ccc(C)c(-n2ccnc(C3CCCC3)c2=O)c1.O=C(O)C(F)(F)F. The number of hydrogen-bond acceptors (Lipinski definition) is 5. The number of nitrogens with zero attached hydrogens (tertiary/aromatic N) is 2. The topological polar surface area (TPSA) is 111 Å². The Bertz CT molecular complexity index is 998. The number of halogens is 3. The first-order chi connectivity index (χ1) is 14.6. The van der Waals surface area contributed by atoms with Crippen molar-refractivity contribution in [2.45, 2.75) is 44.7 Å². The highest BCUT2D eigenvalue weighted by Gasteiger charge is 2.38. The molecule has 0 radical (unpaired) electrons. The number of hydrogen-bond donors (Lipinski definition) is 2. The molecule has 2 aromatic rings. The van der Waals surface area contributed by atoms with Crippen molar-refractivity contribution < 1.29 is 32.7 Å². The van der Waals surface area contributed by atoms with Gasteiger partial charge < -0.3 is 5.11 Å². The molecule has 0 atom stereocenters. The first-order valence-electron chi connectivity index (χ1n) is 9.38. The van der Waals surface area contributed by atoms with Gasteiger partial charge in [-0.2, -0.15) is 13.2 Å². The van der Waals surface area contributed by atoms with Crippen LogP contribution in [-0.4, -0.2) is 39.8 Å². The Kier molecular flexibility index (Phi) is 7.92. The lowest BCUT2D eigenvalue weighted by molar-refractivity contribution is -0.192. The molecule has 0 spiro atoms. The number of nitrogens with one attached hydrogen (secondary N) is 1. The lowest BCUT2D eigenvalue weighted by atomic mass is 10.0. The molecule has 1 aromatic heterocycles. The predicted octanol–water partition coefficient (Wildman–Crippen LogP) is 3.12. The Morgan fingerprint density at radius 1 is 1.26 bits per heavy atom. The number of aliphatic carboxylic acids is 1. The summed E-state index contributed by atoms with van der Waals surface area (Å²) >= 11 is 0. The van der Waals surface area contributed by atoms with E-state index in [4.69, 9.17) is 9.90 Å². The van der Waals surface area contributed by atoms with Crippen LogP contribution in [0.5, 0.6) is 0 Å². The quantitative estimate of drug-likeness (QED) is 0.706. The van der Waals surface area contributed by atoms with E-state index in [0.29, 0.717) is 16.9 Å². The van der Waals surface area contributed by atoms with Gasteiger partial charge in [-0.15, -0.1) is 0 Å². The van der Waals surface area contributed by atoms with E-state index < -0.39 is 12.1 Å². The Morgan fingerprint density at radius 3 is 2.42 bits per heavy atom.